The Labute approximate surface area is 192 Å². The van der Waals surface area contributed by atoms with Crippen LogP contribution in [0.4, 0.5) is 0 Å². The molecule has 0 radical (unpaired) electrons. The van der Waals surface area contributed by atoms with Gasteiger partial charge in [0, 0.05) is 0 Å². The maximum absolute atomic E-state index is 10.1. The van der Waals surface area contributed by atoms with Gasteiger partial charge in [-0.1, -0.05) is 54.6 Å². The van der Waals surface area contributed by atoms with Crippen molar-refractivity contribution in [1.29, 1.82) is 0 Å². The predicted molar refractivity (Wildman–Crippen MR) is 131 cm³/mol. The summed E-state index contributed by atoms with van der Waals surface area (Å²) in [6, 6.07) is 34.0. The molecule has 3 nitrogen and oxygen atoms in total. The zero-order valence-corrected chi connectivity index (χ0v) is 18.1. The molecule has 160 valence electrons. The average molecular weight is 431 g/mol. The van der Waals surface area contributed by atoms with Gasteiger partial charge in [0.15, 0.2) is 0 Å². The molecule has 3 heteroatoms. The van der Waals surface area contributed by atoms with E-state index in [2.05, 4.69) is 48.5 Å². The predicted octanol–water partition coefficient (Wildman–Crippen LogP) is 6.62. The highest BCUT2D eigenvalue weighted by atomic mass is 16.5. The third-order valence-corrected chi connectivity index (χ3v) is 6.81. The molecule has 2 N–H and O–H groups in total. The Morgan fingerprint density at radius 2 is 1.12 bits per heavy atom. The summed E-state index contributed by atoms with van der Waals surface area (Å²) >= 11 is 0. The standard InChI is InChI=1S/C30H22O3/c1-33-25-14-15-26-27-16-19-4-2-3-5-20(19)17-28(27)30(29(26)18-25,21-6-10-23(31)11-7-21)22-8-12-24(32)13-9-22/h2-18,31-32H,1H3. The van der Waals surface area contributed by atoms with Gasteiger partial charge in [0.2, 0.25) is 0 Å². The molecule has 0 saturated carbocycles. The van der Waals surface area contributed by atoms with E-state index in [4.69, 9.17) is 4.74 Å². The van der Waals surface area contributed by atoms with Crippen LogP contribution in [0.3, 0.4) is 0 Å². The van der Waals surface area contributed by atoms with E-state index in [9.17, 15) is 10.2 Å². The zero-order valence-electron chi connectivity index (χ0n) is 18.1. The Bertz CT molecular complexity index is 1450. The molecule has 0 unspecified atom stereocenters. The smallest absolute Gasteiger partial charge is 0.119 e. The van der Waals surface area contributed by atoms with Gasteiger partial charge in [0.1, 0.15) is 17.2 Å². The van der Waals surface area contributed by atoms with E-state index in [-0.39, 0.29) is 11.5 Å². The Morgan fingerprint density at radius 1 is 0.576 bits per heavy atom. The molecule has 0 saturated heterocycles. The number of fused-ring (bicyclic) bond motifs is 4. The van der Waals surface area contributed by atoms with Gasteiger partial charge in [-0.05, 0) is 92.7 Å². The van der Waals surface area contributed by atoms with Crippen LogP contribution in [0, 0.1) is 0 Å². The molecule has 0 aliphatic heterocycles. The molecule has 0 atom stereocenters. The maximum Gasteiger partial charge on any atom is 0.119 e. The Kier molecular flexibility index (Phi) is 4.21. The van der Waals surface area contributed by atoms with E-state index < -0.39 is 5.41 Å². The molecule has 5 aromatic rings. The van der Waals surface area contributed by atoms with Gasteiger partial charge in [-0.15, -0.1) is 0 Å². The number of phenolic OH excluding ortho intramolecular Hbond substituents is 2. The van der Waals surface area contributed by atoms with Crippen molar-refractivity contribution < 1.29 is 14.9 Å². The molecule has 0 heterocycles. The quantitative estimate of drug-likeness (QED) is 0.332. The summed E-state index contributed by atoms with van der Waals surface area (Å²) in [6.45, 7) is 0. The van der Waals surface area contributed by atoms with E-state index in [1.54, 1.807) is 31.4 Å². The van der Waals surface area contributed by atoms with Crippen LogP contribution in [-0.4, -0.2) is 17.3 Å². The largest absolute Gasteiger partial charge is 0.508 e. The molecule has 0 aromatic heterocycles. The van der Waals surface area contributed by atoms with E-state index in [0.29, 0.717) is 0 Å². The first-order valence-electron chi connectivity index (χ1n) is 10.9. The van der Waals surface area contributed by atoms with Crippen molar-refractivity contribution in [2.75, 3.05) is 7.11 Å². The van der Waals surface area contributed by atoms with Crippen molar-refractivity contribution in [1.82, 2.24) is 0 Å². The van der Waals surface area contributed by atoms with Crippen molar-refractivity contribution in [2.45, 2.75) is 5.41 Å². The number of methoxy groups -OCH3 is 1. The number of hydrogen-bond acceptors (Lipinski definition) is 3. The van der Waals surface area contributed by atoms with Crippen molar-refractivity contribution in [3.63, 3.8) is 0 Å². The van der Waals surface area contributed by atoms with Crippen LogP contribution >= 0.6 is 0 Å². The fourth-order valence-electron chi connectivity index (χ4n) is 5.33. The molecule has 1 aliphatic rings. The summed E-state index contributed by atoms with van der Waals surface area (Å²) < 4.78 is 5.64. The molecule has 0 fully saturated rings. The topological polar surface area (TPSA) is 49.7 Å². The minimum absolute atomic E-state index is 0.224. The van der Waals surface area contributed by atoms with Crippen LogP contribution in [0.15, 0.2) is 103 Å². The summed E-state index contributed by atoms with van der Waals surface area (Å²) in [6.07, 6.45) is 0. The number of benzene rings is 5. The van der Waals surface area contributed by atoms with Crippen molar-refractivity contribution in [2.24, 2.45) is 0 Å². The maximum atomic E-state index is 10.1. The second-order valence-electron chi connectivity index (χ2n) is 8.50. The normalized spacial score (nSPS) is 13.5. The molecular formula is C30H22O3. The molecule has 6 rings (SSSR count). The summed E-state index contributed by atoms with van der Waals surface area (Å²) in [5.41, 5.74) is 6.04. The number of rotatable bonds is 3. The summed E-state index contributed by atoms with van der Waals surface area (Å²) in [4.78, 5) is 0. The first kappa shape index (κ1) is 19.4. The first-order valence-corrected chi connectivity index (χ1v) is 10.9. The highest BCUT2D eigenvalue weighted by Gasteiger charge is 2.46. The number of phenols is 2. The lowest BCUT2D eigenvalue weighted by Crippen LogP contribution is -2.28. The fraction of sp³-hybridized carbons (Fsp3) is 0.0667. The first-order chi connectivity index (χ1) is 16.1. The van der Waals surface area contributed by atoms with E-state index >= 15 is 0 Å². The number of hydrogen-bond donors (Lipinski definition) is 2. The van der Waals surface area contributed by atoms with Crippen LogP contribution in [-0.2, 0) is 5.41 Å². The van der Waals surface area contributed by atoms with Crippen molar-refractivity contribution >= 4 is 10.8 Å². The van der Waals surface area contributed by atoms with E-state index in [1.807, 2.05) is 30.3 Å². The van der Waals surface area contributed by atoms with Gasteiger partial charge < -0.3 is 14.9 Å². The molecule has 1 aliphatic carbocycles. The van der Waals surface area contributed by atoms with E-state index in [0.717, 1.165) is 33.4 Å². The Morgan fingerprint density at radius 3 is 1.70 bits per heavy atom. The van der Waals surface area contributed by atoms with Gasteiger partial charge >= 0.3 is 0 Å². The number of ether oxygens (including phenoxy) is 1. The fourth-order valence-corrected chi connectivity index (χ4v) is 5.33. The summed E-state index contributed by atoms with van der Waals surface area (Å²) in [5, 5.41) is 22.5. The van der Waals surface area contributed by atoms with Crippen molar-refractivity contribution in [3.05, 3.63) is 125 Å². The van der Waals surface area contributed by atoms with Crippen LogP contribution < -0.4 is 4.74 Å². The van der Waals surface area contributed by atoms with E-state index in [1.165, 1.54) is 16.5 Å². The molecule has 0 bridgehead atoms. The molecule has 0 amide bonds. The third kappa shape index (κ3) is 2.76. The summed E-state index contributed by atoms with van der Waals surface area (Å²) in [5.74, 6) is 1.23. The second kappa shape index (κ2) is 7.14. The minimum Gasteiger partial charge on any atom is -0.508 e. The second-order valence-corrected chi connectivity index (χ2v) is 8.50. The lowest BCUT2D eigenvalue weighted by atomic mass is 9.67. The lowest BCUT2D eigenvalue weighted by molar-refractivity contribution is 0.414. The Hall–Kier alpha value is -4.24. The van der Waals surface area contributed by atoms with Gasteiger partial charge in [-0.2, -0.15) is 0 Å². The monoisotopic (exact) mass is 430 g/mol. The van der Waals surface area contributed by atoms with Crippen LogP contribution in [0.5, 0.6) is 17.2 Å². The molecule has 5 aromatic carbocycles. The average Bonchev–Trinajstić information content (AvgIpc) is 3.13. The number of aromatic hydroxyl groups is 2. The van der Waals surface area contributed by atoms with Crippen LogP contribution in [0.25, 0.3) is 21.9 Å². The minimum atomic E-state index is -0.634. The third-order valence-electron chi connectivity index (χ3n) is 6.81. The van der Waals surface area contributed by atoms with Gasteiger partial charge in [-0.3, -0.25) is 0 Å². The molecule has 0 spiro atoms. The molecular weight excluding hydrogens is 408 g/mol. The SMILES string of the molecule is COc1ccc2c(c1)C(c1ccc(O)cc1)(c1ccc(O)cc1)c1cc3ccccc3cc1-2. The Balaban J connectivity index is 1.81. The van der Waals surface area contributed by atoms with Gasteiger partial charge in [-0.25, -0.2) is 0 Å². The molecule has 33 heavy (non-hydrogen) atoms. The van der Waals surface area contributed by atoms with Crippen molar-refractivity contribution in [3.8, 4) is 28.4 Å². The van der Waals surface area contributed by atoms with Crippen LogP contribution in [0.2, 0.25) is 0 Å². The zero-order chi connectivity index (χ0) is 22.6. The van der Waals surface area contributed by atoms with Crippen LogP contribution in [0.1, 0.15) is 22.3 Å². The lowest BCUT2D eigenvalue weighted by Gasteiger charge is -2.34. The highest BCUT2D eigenvalue weighted by Crippen LogP contribution is 2.57. The highest BCUT2D eigenvalue weighted by molar-refractivity contribution is 5.96. The van der Waals surface area contributed by atoms with Gasteiger partial charge in [0.05, 0.1) is 12.5 Å². The summed E-state index contributed by atoms with van der Waals surface area (Å²) in [7, 11) is 1.68. The van der Waals surface area contributed by atoms with Gasteiger partial charge in [0.25, 0.3) is 0 Å².